The molecule has 0 aromatic carbocycles. The predicted octanol–water partition coefficient (Wildman–Crippen LogP) is 2.29. The molecule has 0 heterocycles. The van der Waals surface area contributed by atoms with Crippen LogP contribution >= 0.6 is 0 Å². The van der Waals surface area contributed by atoms with Crippen LogP contribution in [0.3, 0.4) is 0 Å². The van der Waals surface area contributed by atoms with Gasteiger partial charge in [0.1, 0.15) is 0 Å². The van der Waals surface area contributed by atoms with Crippen molar-refractivity contribution < 1.29 is 4.74 Å². The van der Waals surface area contributed by atoms with Gasteiger partial charge in [-0.3, -0.25) is 0 Å². The third-order valence-electron chi connectivity index (χ3n) is 2.99. The van der Waals surface area contributed by atoms with Gasteiger partial charge in [0.05, 0.1) is 6.61 Å². The van der Waals surface area contributed by atoms with E-state index >= 15 is 0 Å². The van der Waals surface area contributed by atoms with Gasteiger partial charge in [-0.2, -0.15) is 0 Å². The van der Waals surface area contributed by atoms with Gasteiger partial charge in [0, 0.05) is 19.2 Å². The molecular formula is C11H23NO. The van der Waals surface area contributed by atoms with Gasteiger partial charge in [0.2, 0.25) is 0 Å². The molecule has 78 valence electrons. The van der Waals surface area contributed by atoms with Crippen LogP contribution in [0.1, 0.15) is 39.0 Å². The normalized spacial score (nSPS) is 19.6. The van der Waals surface area contributed by atoms with Crippen LogP contribution in [-0.2, 0) is 4.74 Å². The molecule has 1 aliphatic carbocycles. The van der Waals surface area contributed by atoms with Crippen molar-refractivity contribution >= 4 is 0 Å². The van der Waals surface area contributed by atoms with Crippen molar-refractivity contribution in [2.75, 3.05) is 26.8 Å². The standard InChI is InChI=1S/C11H23NO/c1-3-13-10-9-12(2)11-7-5-4-6-8-11/h11H,3-10H2,1-2H3. The maximum atomic E-state index is 5.35. The molecule has 0 radical (unpaired) electrons. The van der Waals surface area contributed by atoms with E-state index in [4.69, 9.17) is 4.74 Å². The monoisotopic (exact) mass is 185 g/mol. The number of hydrogen-bond acceptors (Lipinski definition) is 2. The Balaban J connectivity index is 2.09. The van der Waals surface area contributed by atoms with Crippen LogP contribution < -0.4 is 0 Å². The summed E-state index contributed by atoms with van der Waals surface area (Å²) >= 11 is 0. The van der Waals surface area contributed by atoms with Gasteiger partial charge in [-0.1, -0.05) is 19.3 Å². The lowest BCUT2D eigenvalue weighted by Crippen LogP contribution is -2.35. The third kappa shape index (κ3) is 4.10. The minimum Gasteiger partial charge on any atom is -0.380 e. The fraction of sp³-hybridized carbons (Fsp3) is 1.00. The van der Waals surface area contributed by atoms with E-state index in [9.17, 15) is 0 Å². The molecule has 0 aliphatic heterocycles. The molecule has 0 aromatic heterocycles. The Morgan fingerprint density at radius 3 is 2.54 bits per heavy atom. The lowest BCUT2D eigenvalue weighted by atomic mass is 9.94. The van der Waals surface area contributed by atoms with Gasteiger partial charge in [-0.25, -0.2) is 0 Å². The van der Waals surface area contributed by atoms with Crippen molar-refractivity contribution in [3.63, 3.8) is 0 Å². The van der Waals surface area contributed by atoms with Gasteiger partial charge in [0.15, 0.2) is 0 Å². The average molecular weight is 185 g/mol. The van der Waals surface area contributed by atoms with Crippen LogP contribution in [0, 0.1) is 0 Å². The highest BCUT2D eigenvalue weighted by atomic mass is 16.5. The SMILES string of the molecule is CCOCCN(C)C1CCCCC1. The molecule has 13 heavy (non-hydrogen) atoms. The Bertz CT molecular complexity index is 121. The first-order valence-corrected chi connectivity index (χ1v) is 5.62. The summed E-state index contributed by atoms with van der Waals surface area (Å²) in [6, 6.07) is 0.828. The topological polar surface area (TPSA) is 12.5 Å². The number of nitrogens with zero attached hydrogens (tertiary/aromatic N) is 1. The molecule has 0 amide bonds. The number of likely N-dealkylation sites (N-methyl/N-ethyl adjacent to an activating group) is 1. The van der Waals surface area contributed by atoms with E-state index in [-0.39, 0.29) is 0 Å². The Morgan fingerprint density at radius 2 is 1.92 bits per heavy atom. The van der Waals surface area contributed by atoms with Gasteiger partial charge in [-0.15, -0.1) is 0 Å². The summed E-state index contributed by atoms with van der Waals surface area (Å²) < 4.78 is 5.35. The number of rotatable bonds is 5. The molecule has 0 saturated heterocycles. The zero-order chi connectivity index (χ0) is 9.52. The number of ether oxygens (including phenoxy) is 1. The molecular weight excluding hydrogens is 162 g/mol. The number of hydrogen-bond donors (Lipinski definition) is 0. The molecule has 1 aliphatic rings. The summed E-state index contributed by atoms with van der Waals surface area (Å²) in [5, 5.41) is 0. The first-order chi connectivity index (χ1) is 6.34. The fourth-order valence-electron chi connectivity index (χ4n) is 2.06. The van der Waals surface area contributed by atoms with Crippen molar-refractivity contribution in [3.8, 4) is 0 Å². The maximum absolute atomic E-state index is 5.35. The second-order valence-corrected chi connectivity index (χ2v) is 3.97. The first kappa shape index (κ1) is 11.0. The molecule has 2 nitrogen and oxygen atoms in total. The fourth-order valence-corrected chi connectivity index (χ4v) is 2.06. The summed E-state index contributed by atoms with van der Waals surface area (Å²) in [5.41, 5.74) is 0. The van der Waals surface area contributed by atoms with Gasteiger partial charge in [0.25, 0.3) is 0 Å². The summed E-state index contributed by atoms with van der Waals surface area (Å²) in [7, 11) is 2.23. The smallest absolute Gasteiger partial charge is 0.0593 e. The van der Waals surface area contributed by atoms with Gasteiger partial charge >= 0.3 is 0 Å². The lowest BCUT2D eigenvalue weighted by molar-refractivity contribution is 0.0974. The lowest BCUT2D eigenvalue weighted by Gasteiger charge is -2.30. The molecule has 0 aromatic rings. The Hall–Kier alpha value is -0.0800. The van der Waals surface area contributed by atoms with Crippen LogP contribution in [0.2, 0.25) is 0 Å². The highest BCUT2D eigenvalue weighted by molar-refractivity contribution is 4.73. The molecule has 2 heteroatoms. The maximum Gasteiger partial charge on any atom is 0.0593 e. The van der Waals surface area contributed by atoms with Crippen LogP contribution in [-0.4, -0.2) is 37.7 Å². The minimum atomic E-state index is 0.828. The molecule has 1 fully saturated rings. The molecule has 0 unspecified atom stereocenters. The van der Waals surface area contributed by atoms with E-state index in [1.807, 2.05) is 0 Å². The summed E-state index contributed by atoms with van der Waals surface area (Å²) in [6.45, 7) is 4.89. The van der Waals surface area contributed by atoms with E-state index in [0.717, 1.165) is 25.8 Å². The average Bonchev–Trinajstić information content (AvgIpc) is 2.19. The first-order valence-electron chi connectivity index (χ1n) is 5.62. The van der Waals surface area contributed by atoms with E-state index in [0.29, 0.717) is 0 Å². The molecule has 0 spiro atoms. The zero-order valence-electron chi connectivity index (χ0n) is 9.09. The highest BCUT2D eigenvalue weighted by Gasteiger charge is 2.16. The van der Waals surface area contributed by atoms with Crippen molar-refractivity contribution in [2.45, 2.75) is 45.1 Å². The second-order valence-electron chi connectivity index (χ2n) is 3.97. The van der Waals surface area contributed by atoms with Crippen molar-refractivity contribution in [3.05, 3.63) is 0 Å². The quantitative estimate of drug-likeness (QED) is 0.609. The van der Waals surface area contributed by atoms with Crippen LogP contribution in [0.15, 0.2) is 0 Å². The largest absolute Gasteiger partial charge is 0.380 e. The van der Waals surface area contributed by atoms with E-state index in [1.165, 1.54) is 32.1 Å². The molecule has 1 saturated carbocycles. The second kappa shape index (κ2) is 6.39. The molecule has 1 rings (SSSR count). The van der Waals surface area contributed by atoms with Crippen molar-refractivity contribution in [1.82, 2.24) is 4.90 Å². The van der Waals surface area contributed by atoms with Gasteiger partial charge in [-0.05, 0) is 26.8 Å². The van der Waals surface area contributed by atoms with Crippen LogP contribution in [0.25, 0.3) is 0 Å². The molecule has 0 N–H and O–H groups in total. The van der Waals surface area contributed by atoms with E-state index in [1.54, 1.807) is 0 Å². The predicted molar refractivity (Wildman–Crippen MR) is 56.0 cm³/mol. The van der Waals surface area contributed by atoms with Crippen LogP contribution in [0.4, 0.5) is 0 Å². The minimum absolute atomic E-state index is 0.828. The summed E-state index contributed by atoms with van der Waals surface area (Å²) in [4.78, 5) is 2.47. The Kier molecular flexibility index (Phi) is 5.40. The zero-order valence-corrected chi connectivity index (χ0v) is 9.09. The van der Waals surface area contributed by atoms with Crippen molar-refractivity contribution in [2.24, 2.45) is 0 Å². The summed E-state index contributed by atoms with van der Waals surface area (Å²) in [5.74, 6) is 0. The highest BCUT2D eigenvalue weighted by Crippen LogP contribution is 2.21. The Labute approximate surface area is 82.3 Å². The van der Waals surface area contributed by atoms with E-state index in [2.05, 4.69) is 18.9 Å². The third-order valence-corrected chi connectivity index (χ3v) is 2.99. The molecule has 0 atom stereocenters. The Morgan fingerprint density at radius 1 is 1.23 bits per heavy atom. The van der Waals surface area contributed by atoms with Gasteiger partial charge < -0.3 is 9.64 Å². The summed E-state index contributed by atoms with van der Waals surface area (Å²) in [6.07, 6.45) is 7.06. The molecule has 0 bridgehead atoms. The van der Waals surface area contributed by atoms with Crippen molar-refractivity contribution in [1.29, 1.82) is 0 Å². The van der Waals surface area contributed by atoms with E-state index < -0.39 is 0 Å². The van der Waals surface area contributed by atoms with Crippen LogP contribution in [0.5, 0.6) is 0 Å².